The van der Waals surface area contributed by atoms with Crippen molar-refractivity contribution in [3.8, 4) is 0 Å². The minimum Gasteiger partial charge on any atom is -0.341 e. The maximum atomic E-state index is 5.72. The molecular formula is C14H27N5. The second-order valence-corrected chi connectivity index (χ2v) is 5.35. The fourth-order valence-electron chi connectivity index (χ4n) is 3.00. The molecule has 2 rings (SSSR count). The lowest BCUT2D eigenvalue weighted by Crippen LogP contribution is -2.39. The van der Waals surface area contributed by atoms with Crippen molar-refractivity contribution < 1.29 is 0 Å². The average molecular weight is 265 g/mol. The zero-order valence-corrected chi connectivity index (χ0v) is 12.3. The third kappa shape index (κ3) is 3.48. The lowest BCUT2D eigenvalue weighted by atomic mass is 10.1. The summed E-state index contributed by atoms with van der Waals surface area (Å²) in [5.41, 5.74) is 5.72. The number of aromatic nitrogens is 2. The number of hydrogen-bond donors (Lipinski definition) is 1. The smallest absolute Gasteiger partial charge is 0.205 e. The van der Waals surface area contributed by atoms with E-state index in [1.807, 2.05) is 12.4 Å². The molecule has 1 aliphatic heterocycles. The predicted molar refractivity (Wildman–Crippen MR) is 79.4 cm³/mol. The Labute approximate surface area is 116 Å². The average Bonchev–Trinajstić information content (AvgIpc) is 2.70. The molecule has 0 aliphatic carbocycles. The molecule has 1 fully saturated rings. The molecule has 2 heterocycles. The molecule has 5 nitrogen and oxygen atoms in total. The largest absolute Gasteiger partial charge is 0.341 e. The molecule has 5 heteroatoms. The summed E-state index contributed by atoms with van der Waals surface area (Å²) in [6.45, 7) is 7.51. The van der Waals surface area contributed by atoms with Crippen LogP contribution in [0.2, 0.25) is 0 Å². The minimum absolute atomic E-state index is 0.645. The monoisotopic (exact) mass is 265 g/mol. The van der Waals surface area contributed by atoms with Crippen LogP contribution in [0.25, 0.3) is 0 Å². The lowest BCUT2D eigenvalue weighted by Gasteiger charge is -2.29. The van der Waals surface area contributed by atoms with Crippen LogP contribution in [-0.2, 0) is 7.05 Å². The van der Waals surface area contributed by atoms with Crippen LogP contribution in [0.1, 0.15) is 26.2 Å². The molecule has 1 unspecified atom stereocenters. The van der Waals surface area contributed by atoms with E-state index >= 15 is 0 Å². The highest BCUT2D eigenvalue weighted by molar-refractivity contribution is 5.31. The number of nitrogens with zero attached hydrogens (tertiary/aromatic N) is 4. The molecule has 19 heavy (non-hydrogen) atoms. The number of nitrogens with two attached hydrogens (primary N) is 1. The molecule has 1 aliphatic rings. The van der Waals surface area contributed by atoms with Gasteiger partial charge in [-0.3, -0.25) is 4.90 Å². The van der Waals surface area contributed by atoms with Gasteiger partial charge in [0.2, 0.25) is 5.95 Å². The first kappa shape index (κ1) is 14.3. The molecule has 0 radical (unpaired) electrons. The Morgan fingerprint density at radius 1 is 1.32 bits per heavy atom. The first-order chi connectivity index (χ1) is 9.26. The molecule has 0 aromatic carbocycles. The van der Waals surface area contributed by atoms with Gasteiger partial charge >= 0.3 is 0 Å². The Hall–Kier alpha value is -1.07. The van der Waals surface area contributed by atoms with Crippen LogP contribution in [0.3, 0.4) is 0 Å². The van der Waals surface area contributed by atoms with Gasteiger partial charge in [-0.2, -0.15) is 0 Å². The third-order valence-corrected chi connectivity index (χ3v) is 4.10. The maximum absolute atomic E-state index is 5.72. The molecule has 0 spiro atoms. The van der Waals surface area contributed by atoms with Crippen molar-refractivity contribution in [1.82, 2.24) is 14.5 Å². The Morgan fingerprint density at radius 2 is 2.16 bits per heavy atom. The van der Waals surface area contributed by atoms with Crippen molar-refractivity contribution in [2.45, 2.75) is 32.2 Å². The van der Waals surface area contributed by atoms with Crippen LogP contribution in [0.4, 0.5) is 5.95 Å². The standard InChI is InChI=1S/C14H27N5/c1-3-13(5-6-15)18-8-4-9-19(12-11-18)14-16-7-10-17(14)2/h7,10,13H,3-6,8-9,11-12,15H2,1-2H3. The molecular weight excluding hydrogens is 238 g/mol. The van der Waals surface area contributed by atoms with Crippen molar-refractivity contribution in [1.29, 1.82) is 0 Å². The Balaban J connectivity index is 1.96. The van der Waals surface area contributed by atoms with E-state index in [2.05, 4.69) is 33.3 Å². The summed E-state index contributed by atoms with van der Waals surface area (Å²) in [5.74, 6) is 1.09. The Morgan fingerprint density at radius 3 is 2.79 bits per heavy atom. The molecule has 0 amide bonds. The van der Waals surface area contributed by atoms with E-state index in [0.717, 1.165) is 38.5 Å². The van der Waals surface area contributed by atoms with Crippen LogP contribution >= 0.6 is 0 Å². The topological polar surface area (TPSA) is 50.3 Å². The number of anilines is 1. The van der Waals surface area contributed by atoms with Crippen LogP contribution in [0.15, 0.2) is 12.4 Å². The second-order valence-electron chi connectivity index (χ2n) is 5.35. The first-order valence-corrected chi connectivity index (χ1v) is 7.42. The highest BCUT2D eigenvalue weighted by atomic mass is 15.3. The molecule has 0 bridgehead atoms. The summed E-state index contributed by atoms with van der Waals surface area (Å²) in [7, 11) is 2.06. The van der Waals surface area contributed by atoms with Gasteiger partial charge in [0.15, 0.2) is 0 Å². The second kappa shape index (κ2) is 6.91. The highest BCUT2D eigenvalue weighted by Crippen LogP contribution is 2.16. The fraction of sp³-hybridized carbons (Fsp3) is 0.786. The Kier molecular flexibility index (Phi) is 5.22. The van der Waals surface area contributed by atoms with Crippen LogP contribution in [0.5, 0.6) is 0 Å². The summed E-state index contributed by atoms with van der Waals surface area (Å²) in [6, 6.07) is 0.645. The van der Waals surface area contributed by atoms with Gasteiger partial charge in [0.05, 0.1) is 0 Å². The number of hydrogen-bond acceptors (Lipinski definition) is 4. The van der Waals surface area contributed by atoms with Gasteiger partial charge in [0, 0.05) is 51.7 Å². The fourth-order valence-corrected chi connectivity index (χ4v) is 3.00. The number of rotatable bonds is 5. The van der Waals surface area contributed by atoms with E-state index in [4.69, 9.17) is 5.73 Å². The highest BCUT2D eigenvalue weighted by Gasteiger charge is 2.21. The zero-order chi connectivity index (χ0) is 13.7. The van der Waals surface area contributed by atoms with E-state index in [0.29, 0.717) is 6.04 Å². The van der Waals surface area contributed by atoms with Gasteiger partial charge in [-0.15, -0.1) is 0 Å². The molecule has 108 valence electrons. The van der Waals surface area contributed by atoms with Crippen molar-refractivity contribution >= 4 is 5.95 Å². The van der Waals surface area contributed by atoms with E-state index in [9.17, 15) is 0 Å². The lowest BCUT2D eigenvalue weighted by molar-refractivity contribution is 0.196. The zero-order valence-electron chi connectivity index (χ0n) is 12.3. The van der Waals surface area contributed by atoms with Gasteiger partial charge in [-0.25, -0.2) is 4.98 Å². The number of imidazole rings is 1. The quantitative estimate of drug-likeness (QED) is 0.865. The van der Waals surface area contributed by atoms with E-state index < -0.39 is 0 Å². The summed E-state index contributed by atoms with van der Waals surface area (Å²) >= 11 is 0. The van der Waals surface area contributed by atoms with Crippen LogP contribution in [-0.4, -0.2) is 53.2 Å². The normalized spacial score (nSPS) is 19.4. The molecule has 2 N–H and O–H groups in total. The summed E-state index contributed by atoms with van der Waals surface area (Å²) < 4.78 is 2.10. The number of aryl methyl sites for hydroxylation is 1. The first-order valence-electron chi connectivity index (χ1n) is 7.42. The summed E-state index contributed by atoms with van der Waals surface area (Å²) in [6.07, 6.45) is 7.40. The molecule has 1 saturated heterocycles. The van der Waals surface area contributed by atoms with Gasteiger partial charge in [-0.05, 0) is 25.8 Å². The summed E-state index contributed by atoms with van der Waals surface area (Å²) in [5, 5.41) is 0. The van der Waals surface area contributed by atoms with Crippen LogP contribution < -0.4 is 10.6 Å². The summed E-state index contributed by atoms with van der Waals surface area (Å²) in [4.78, 5) is 9.46. The predicted octanol–water partition coefficient (Wildman–Crippen LogP) is 1.06. The van der Waals surface area contributed by atoms with Gasteiger partial charge in [-0.1, -0.05) is 6.92 Å². The van der Waals surface area contributed by atoms with Gasteiger partial charge in [0.1, 0.15) is 0 Å². The van der Waals surface area contributed by atoms with Crippen molar-refractivity contribution in [2.24, 2.45) is 12.8 Å². The van der Waals surface area contributed by atoms with Crippen LogP contribution in [0, 0.1) is 0 Å². The van der Waals surface area contributed by atoms with Crippen molar-refractivity contribution in [3.05, 3.63) is 12.4 Å². The molecule has 1 atom stereocenters. The molecule has 0 saturated carbocycles. The van der Waals surface area contributed by atoms with Crippen molar-refractivity contribution in [3.63, 3.8) is 0 Å². The van der Waals surface area contributed by atoms with E-state index in [-0.39, 0.29) is 0 Å². The SMILES string of the molecule is CCC(CCN)N1CCCN(c2nccn2C)CC1. The van der Waals surface area contributed by atoms with E-state index in [1.54, 1.807) is 0 Å². The van der Waals surface area contributed by atoms with Crippen molar-refractivity contribution in [2.75, 3.05) is 37.6 Å². The van der Waals surface area contributed by atoms with Gasteiger partial charge < -0.3 is 15.2 Å². The van der Waals surface area contributed by atoms with E-state index in [1.165, 1.54) is 19.4 Å². The molecule has 1 aromatic heterocycles. The Bertz CT molecular complexity index is 376. The third-order valence-electron chi connectivity index (χ3n) is 4.10. The minimum atomic E-state index is 0.645. The maximum Gasteiger partial charge on any atom is 0.205 e. The van der Waals surface area contributed by atoms with Gasteiger partial charge in [0.25, 0.3) is 0 Å². The molecule has 1 aromatic rings.